The molecule has 1 rings (SSSR count). The molecule has 1 unspecified atom stereocenters. The summed E-state index contributed by atoms with van der Waals surface area (Å²) in [6, 6.07) is 5.96. The Morgan fingerprint density at radius 3 is 2.56 bits per heavy atom. The molecule has 0 bridgehead atoms. The van der Waals surface area contributed by atoms with Crippen LogP contribution in [0.1, 0.15) is 56.7 Å². The summed E-state index contributed by atoms with van der Waals surface area (Å²) >= 11 is 0. The topological polar surface area (TPSA) is 52.3 Å². The number of carbonyl (C=O) groups excluding carboxylic acids is 1. The number of ketones is 1. The van der Waals surface area contributed by atoms with Crippen molar-refractivity contribution in [3.8, 4) is 5.75 Å². The van der Waals surface area contributed by atoms with Gasteiger partial charge in [0.25, 0.3) is 0 Å². The smallest absolute Gasteiger partial charge is 0.129 e. The van der Waals surface area contributed by atoms with Gasteiger partial charge in [-0.25, -0.2) is 0 Å². The molecule has 3 heteroatoms. The molecule has 1 aromatic carbocycles. The van der Waals surface area contributed by atoms with E-state index in [0.29, 0.717) is 18.8 Å². The average molecular weight is 249 g/mol. The van der Waals surface area contributed by atoms with Crippen LogP contribution in [0.5, 0.6) is 5.75 Å². The van der Waals surface area contributed by atoms with Gasteiger partial charge >= 0.3 is 0 Å². The highest BCUT2D eigenvalue weighted by atomic mass is 16.5. The van der Waals surface area contributed by atoms with Gasteiger partial charge < -0.3 is 15.3 Å². The summed E-state index contributed by atoms with van der Waals surface area (Å²) < 4.78 is 5.34. The summed E-state index contributed by atoms with van der Waals surface area (Å²) in [6.07, 6.45) is 1.17. The van der Waals surface area contributed by atoms with Gasteiger partial charge in [0.15, 0.2) is 0 Å². The van der Waals surface area contributed by atoms with E-state index in [2.05, 4.69) is 26.0 Å². The van der Waals surface area contributed by atoms with Gasteiger partial charge in [0.2, 0.25) is 0 Å². The number of nitrogens with two attached hydrogens (primary N) is 1. The normalized spacial score (nSPS) is 12.6. The Bertz CT molecular complexity index is 413. The summed E-state index contributed by atoms with van der Waals surface area (Å²) in [5, 5.41) is 0. The van der Waals surface area contributed by atoms with E-state index in [-0.39, 0.29) is 11.8 Å². The van der Waals surface area contributed by atoms with Crippen molar-refractivity contribution in [3.63, 3.8) is 0 Å². The Labute approximate surface area is 109 Å². The highest BCUT2D eigenvalue weighted by Gasteiger charge is 2.14. The van der Waals surface area contributed by atoms with Crippen LogP contribution in [-0.2, 0) is 4.79 Å². The molecule has 18 heavy (non-hydrogen) atoms. The van der Waals surface area contributed by atoms with Gasteiger partial charge in [-0.15, -0.1) is 0 Å². The van der Waals surface area contributed by atoms with Crippen molar-refractivity contribution >= 4 is 5.78 Å². The Hall–Kier alpha value is -1.35. The van der Waals surface area contributed by atoms with Gasteiger partial charge in [-0.2, -0.15) is 0 Å². The van der Waals surface area contributed by atoms with Gasteiger partial charge in [-0.05, 0) is 30.9 Å². The third-order valence-electron chi connectivity index (χ3n) is 3.13. The van der Waals surface area contributed by atoms with E-state index in [1.54, 1.807) is 14.0 Å². The van der Waals surface area contributed by atoms with Crippen molar-refractivity contribution < 1.29 is 9.53 Å². The van der Waals surface area contributed by atoms with Gasteiger partial charge in [-0.3, -0.25) is 0 Å². The molecule has 2 N–H and O–H groups in total. The van der Waals surface area contributed by atoms with Gasteiger partial charge in [0, 0.05) is 18.0 Å². The van der Waals surface area contributed by atoms with Crippen LogP contribution in [0.2, 0.25) is 0 Å². The second-order valence-corrected chi connectivity index (χ2v) is 5.00. The molecule has 0 saturated carbocycles. The van der Waals surface area contributed by atoms with Crippen LogP contribution in [0.3, 0.4) is 0 Å². The van der Waals surface area contributed by atoms with Crippen LogP contribution in [0.15, 0.2) is 18.2 Å². The number of carbonyl (C=O) groups is 1. The number of Topliss-reactive ketones (excluding diaryl/α,β-unsaturated/α-hetero) is 1. The SMILES string of the molecule is COc1ccc(C(C)C)cc1C(N)CCC(C)=O. The fourth-order valence-corrected chi connectivity index (χ4v) is 1.92. The third kappa shape index (κ3) is 3.84. The number of methoxy groups -OCH3 is 1. The Morgan fingerprint density at radius 1 is 1.39 bits per heavy atom. The standard InChI is InChI=1S/C15H23NO2/c1-10(2)12-6-8-15(18-4)13(9-12)14(16)7-5-11(3)17/h6,8-10,14H,5,7,16H2,1-4H3. The van der Waals surface area contributed by atoms with E-state index in [1.165, 1.54) is 5.56 Å². The van der Waals surface area contributed by atoms with E-state index >= 15 is 0 Å². The number of ether oxygens (including phenoxy) is 1. The van der Waals surface area contributed by atoms with Crippen molar-refractivity contribution in [2.75, 3.05) is 7.11 Å². The minimum absolute atomic E-state index is 0.150. The Morgan fingerprint density at radius 2 is 2.06 bits per heavy atom. The largest absolute Gasteiger partial charge is 0.496 e. The molecule has 0 amide bonds. The van der Waals surface area contributed by atoms with Crippen molar-refractivity contribution in [2.24, 2.45) is 5.73 Å². The van der Waals surface area contributed by atoms with Crippen LogP contribution in [0, 0.1) is 0 Å². The quantitative estimate of drug-likeness (QED) is 0.842. The lowest BCUT2D eigenvalue weighted by molar-refractivity contribution is -0.117. The molecule has 0 aliphatic rings. The van der Waals surface area contributed by atoms with Crippen molar-refractivity contribution in [3.05, 3.63) is 29.3 Å². The maximum absolute atomic E-state index is 11.0. The monoisotopic (exact) mass is 249 g/mol. The summed E-state index contributed by atoms with van der Waals surface area (Å²) in [7, 11) is 1.64. The second kappa shape index (κ2) is 6.55. The molecule has 0 radical (unpaired) electrons. The predicted octanol–water partition coefficient (Wildman–Crippen LogP) is 3.19. The number of benzene rings is 1. The maximum atomic E-state index is 11.0. The highest BCUT2D eigenvalue weighted by Crippen LogP contribution is 2.30. The number of hydrogen-bond acceptors (Lipinski definition) is 3. The first-order chi connectivity index (χ1) is 8.45. The molecule has 0 aliphatic carbocycles. The lowest BCUT2D eigenvalue weighted by Crippen LogP contribution is -2.13. The van der Waals surface area contributed by atoms with Crippen molar-refractivity contribution in [1.82, 2.24) is 0 Å². The molecule has 0 fully saturated rings. The molecule has 0 heterocycles. The summed E-state index contributed by atoms with van der Waals surface area (Å²) in [6.45, 7) is 5.88. The van der Waals surface area contributed by atoms with Gasteiger partial charge in [0.05, 0.1) is 7.11 Å². The summed E-state index contributed by atoms with van der Waals surface area (Å²) in [5.74, 6) is 1.43. The molecule has 1 aromatic rings. The van der Waals surface area contributed by atoms with Crippen molar-refractivity contribution in [1.29, 1.82) is 0 Å². The number of rotatable bonds is 6. The molecule has 1 atom stereocenters. The van der Waals surface area contributed by atoms with E-state index in [4.69, 9.17) is 10.5 Å². The van der Waals surface area contributed by atoms with Gasteiger partial charge in [-0.1, -0.05) is 26.0 Å². The van der Waals surface area contributed by atoms with Crippen LogP contribution in [0.4, 0.5) is 0 Å². The Kier molecular flexibility index (Phi) is 5.35. The Balaban J connectivity index is 2.96. The van der Waals surface area contributed by atoms with Crippen LogP contribution in [-0.4, -0.2) is 12.9 Å². The van der Waals surface area contributed by atoms with Crippen LogP contribution < -0.4 is 10.5 Å². The third-order valence-corrected chi connectivity index (χ3v) is 3.13. The van der Waals surface area contributed by atoms with E-state index in [9.17, 15) is 4.79 Å². The zero-order valence-corrected chi connectivity index (χ0v) is 11.7. The van der Waals surface area contributed by atoms with Crippen LogP contribution >= 0.6 is 0 Å². The lowest BCUT2D eigenvalue weighted by Gasteiger charge is -2.17. The molecule has 100 valence electrons. The maximum Gasteiger partial charge on any atom is 0.129 e. The van der Waals surface area contributed by atoms with Gasteiger partial charge in [0.1, 0.15) is 11.5 Å². The zero-order chi connectivity index (χ0) is 13.7. The first kappa shape index (κ1) is 14.7. The molecular formula is C15H23NO2. The van der Waals surface area contributed by atoms with E-state index in [0.717, 1.165) is 11.3 Å². The first-order valence-corrected chi connectivity index (χ1v) is 6.38. The average Bonchev–Trinajstić information content (AvgIpc) is 2.34. The molecular weight excluding hydrogens is 226 g/mol. The van der Waals surface area contributed by atoms with Crippen molar-refractivity contribution in [2.45, 2.75) is 45.6 Å². The summed E-state index contributed by atoms with van der Waals surface area (Å²) in [4.78, 5) is 11.0. The molecule has 0 saturated heterocycles. The molecule has 3 nitrogen and oxygen atoms in total. The second-order valence-electron chi connectivity index (χ2n) is 5.00. The predicted molar refractivity (Wildman–Crippen MR) is 73.9 cm³/mol. The fourth-order valence-electron chi connectivity index (χ4n) is 1.92. The highest BCUT2D eigenvalue weighted by molar-refractivity contribution is 5.75. The number of hydrogen-bond donors (Lipinski definition) is 1. The fraction of sp³-hybridized carbons (Fsp3) is 0.533. The molecule has 0 spiro atoms. The zero-order valence-electron chi connectivity index (χ0n) is 11.7. The lowest BCUT2D eigenvalue weighted by atomic mass is 9.95. The van der Waals surface area contributed by atoms with E-state index < -0.39 is 0 Å². The van der Waals surface area contributed by atoms with Crippen LogP contribution in [0.25, 0.3) is 0 Å². The minimum atomic E-state index is -0.150. The summed E-state index contributed by atoms with van der Waals surface area (Å²) in [5.41, 5.74) is 8.39. The first-order valence-electron chi connectivity index (χ1n) is 6.38. The molecule has 0 aliphatic heterocycles. The minimum Gasteiger partial charge on any atom is -0.496 e. The van der Waals surface area contributed by atoms with E-state index in [1.807, 2.05) is 6.07 Å². The molecule has 0 aromatic heterocycles.